The van der Waals surface area contributed by atoms with Crippen LogP contribution in [0.5, 0.6) is 0 Å². The average Bonchev–Trinajstić information content (AvgIpc) is 3.57. The summed E-state index contributed by atoms with van der Waals surface area (Å²) in [5.41, 5.74) is 1.30. The fourth-order valence-corrected chi connectivity index (χ4v) is 6.59. The van der Waals surface area contributed by atoms with Gasteiger partial charge in [0.15, 0.2) is 0 Å². The Balaban J connectivity index is 1.50. The van der Waals surface area contributed by atoms with Crippen LogP contribution in [0.4, 0.5) is 0 Å². The van der Waals surface area contributed by atoms with Crippen molar-refractivity contribution in [3.8, 4) is 33.4 Å². The molecular weight excluding hydrogens is 569 g/mol. The van der Waals surface area contributed by atoms with Gasteiger partial charge in [-0.05, 0) is 94.5 Å². The first-order valence-corrected chi connectivity index (χ1v) is 15.5. The van der Waals surface area contributed by atoms with E-state index in [9.17, 15) is 8.22 Å². The summed E-state index contributed by atoms with van der Waals surface area (Å²) in [6.45, 7) is 6.17. The monoisotopic (exact) mass is 614 g/mol. The van der Waals surface area contributed by atoms with Gasteiger partial charge in [-0.2, -0.15) is 0 Å². The third-order valence-corrected chi connectivity index (χ3v) is 8.98. The van der Waals surface area contributed by atoms with E-state index in [2.05, 4.69) is 20.8 Å². The van der Waals surface area contributed by atoms with Crippen molar-refractivity contribution in [2.75, 3.05) is 0 Å². The Hall–Kier alpha value is -5.66. The maximum Gasteiger partial charge on any atom is 0.134 e. The van der Waals surface area contributed by atoms with Crippen LogP contribution < -0.4 is 0 Å². The van der Waals surface area contributed by atoms with E-state index in [1.165, 1.54) is 0 Å². The van der Waals surface area contributed by atoms with E-state index in [1.54, 1.807) is 18.2 Å². The molecule has 8 aromatic carbocycles. The lowest BCUT2D eigenvalue weighted by molar-refractivity contribution is 0.590. The first-order chi connectivity index (χ1) is 27.9. The van der Waals surface area contributed by atoms with Gasteiger partial charge in [0, 0.05) is 16.5 Å². The molecule has 47 heavy (non-hydrogen) atoms. The minimum absolute atomic E-state index is 0.0508. The Morgan fingerprint density at radius 3 is 1.83 bits per heavy atom. The van der Waals surface area contributed by atoms with Crippen molar-refractivity contribution in [3.05, 3.63) is 157 Å². The zero-order valence-corrected chi connectivity index (χ0v) is 25.9. The molecule has 1 nitrogen and oxygen atoms in total. The van der Waals surface area contributed by atoms with Gasteiger partial charge in [0.25, 0.3) is 0 Å². The number of benzene rings is 8. The van der Waals surface area contributed by atoms with Gasteiger partial charge in [-0.3, -0.25) is 0 Å². The van der Waals surface area contributed by atoms with E-state index in [1.807, 2.05) is 60.7 Å². The van der Waals surface area contributed by atoms with Crippen LogP contribution in [0.25, 0.3) is 87.4 Å². The quantitative estimate of drug-likeness (QED) is 0.143. The molecule has 0 aliphatic rings. The van der Waals surface area contributed by atoms with E-state index in [0.29, 0.717) is 11.1 Å². The summed E-state index contributed by atoms with van der Waals surface area (Å²) < 4.78 is 116. The number of fused-ring (bicyclic) bond motifs is 6. The summed E-state index contributed by atoms with van der Waals surface area (Å²) in [5.74, 6) is 0. The first kappa shape index (κ1) is 17.9. The Kier molecular flexibility index (Phi) is 3.97. The van der Waals surface area contributed by atoms with Crippen LogP contribution in [0.2, 0.25) is 0 Å². The lowest BCUT2D eigenvalue weighted by Crippen LogP contribution is -2.10. The molecule has 0 fully saturated rings. The largest absolute Gasteiger partial charge is 0.464 e. The van der Waals surface area contributed by atoms with Crippen molar-refractivity contribution in [2.45, 2.75) is 26.2 Å². The molecule has 9 rings (SSSR count). The van der Waals surface area contributed by atoms with Crippen LogP contribution in [0, 0.1) is 0 Å². The molecule has 0 aliphatic carbocycles. The maximum atomic E-state index is 9.62. The molecule has 0 saturated heterocycles. The normalized spacial score (nSPS) is 15.7. The SMILES string of the molecule is [2H]c1oc2c([2H])c([2H])c(-c3ccc(C(C)(C)C)cc3)c([2H])c2c1-c1c2c([2H])c([2H])c([2H])c([2H])c2c(-c2ccc3c(ccc4ccccc43)c2)c2c([2H])c([2H])c([2H])c([2H])c12. The van der Waals surface area contributed by atoms with Gasteiger partial charge >= 0.3 is 0 Å². The molecule has 0 radical (unpaired) electrons. The summed E-state index contributed by atoms with van der Waals surface area (Å²) in [7, 11) is 0. The Morgan fingerprint density at radius 1 is 0.511 bits per heavy atom. The molecule has 1 heteroatoms. The van der Waals surface area contributed by atoms with E-state index < -0.39 is 60.6 Å². The van der Waals surface area contributed by atoms with Gasteiger partial charge in [0.05, 0.1) is 21.3 Å². The summed E-state index contributed by atoms with van der Waals surface area (Å²) in [6, 6.07) is 19.2. The fourth-order valence-electron chi connectivity index (χ4n) is 6.59. The molecule has 0 amide bonds. The summed E-state index contributed by atoms with van der Waals surface area (Å²) >= 11 is 0. The van der Waals surface area contributed by atoms with Gasteiger partial charge in [0.1, 0.15) is 6.95 Å². The smallest absolute Gasteiger partial charge is 0.134 e. The van der Waals surface area contributed by atoms with Crippen LogP contribution in [0.1, 0.15) is 42.8 Å². The van der Waals surface area contributed by atoms with Crippen molar-refractivity contribution >= 4 is 54.1 Å². The van der Waals surface area contributed by atoms with Gasteiger partial charge in [-0.1, -0.05) is 148 Å². The lowest BCUT2D eigenvalue weighted by atomic mass is 9.85. The van der Waals surface area contributed by atoms with Gasteiger partial charge in [-0.15, -0.1) is 0 Å². The molecule has 9 aromatic rings. The molecule has 0 saturated carbocycles. The van der Waals surface area contributed by atoms with Crippen molar-refractivity contribution in [2.24, 2.45) is 0 Å². The molecule has 0 bridgehead atoms. The van der Waals surface area contributed by atoms with Crippen LogP contribution in [0.3, 0.4) is 0 Å². The standard InChI is InChI=1S/C46H34O/c1-46(2,3)34-22-18-29(19-23-34)31-21-25-43-41(27-31)42(28-47-43)45-39-14-8-6-12-37(39)44(38-13-7-9-15-40(38)45)33-20-24-36-32(26-33)17-16-30-10-4-5-11-35(30)36/h4-28H,1-3H3/i6D,7D,8D,9D,12D,13D,14D,15D,21D,25D,27D,28D. The molecule has 0 atom stereocenters. The number of hydrogen-bond acceptors (Lipinski definition) is 1. The van der Waals surface area contributed by atoms with Crippen LogP contribution in [-0.2, 0) is 5.41 Å². The molecule has 0 aliphatic heterocycles. The van der Waals surface area contributed by atoms with E-state index in [-0.39, 0.29) is 72.3 Å². The topological polar surface area (TPSA) is 13.1 Å². The van der Waals surface area contributed by atoms with E-state index >= 15 is 0 Å². The highest BCUT2D eigenvalue weighted by atomic mass is 16.3. The second kappa shape index (κ2) is 10.4. The highest BCUT2D eigenvalue weighted by Crippen LogP contribution is 2.46. The number of furan rings is 1. The zero-order valence-electron chi connectivity index (χ0n) is 37.9. The lowest BCUT2D eigenvalue weighted by Gasteiger charge is -2.19. The van der Waals surface area contributed by atoms with Crippen molar-refractivity contribution < 1.29 is 20.9 Å². The van der Waals surface area contributed by atoms with E-state index in [0.717, 1.165) is 27.1 Å². The van der Waals surface area contributed by atoms with Gasteiger partial charge < -0.3 is 4.42 Å². The predicted molar refractivity (Wildman–Crippen MR) is 201 cm³/mol. The summed E-state index contributed by atoms with van der Waals surface area (Å²) in [5, 5.41) is 3.22. The second-order valence-electron chi connectivity index (χ2n) is 12.8. The van der Waals surface area contributed by atoms with Crippen molar-refractivity contribution in [1.29, 1.82) is 0 Å². The highest BCUT2D eigenvalue weighted by molar-refractivity contribution is 6.24. The first-order valence-electron chi connectivity index (χ1n) is 21.5. The minimum atomic E-state index is -0.612. The molecule has 0 N–H and O–H groups in total. The molecular formula is C46H34O. The fraction of sp³-hybridized carbons (Fsp3) is 0.0870. The highest BCUT2D eigenvalue weighted by Gasteiger charge is 2.20. The average molecular weight is 615 g/mol. The Labute approximate surface area is 291 Å². The Morgan fingerprint density at radius 2 is 1.13 bits per heavy atom. The molecule has 1 aromatic heterocycles. The Bertz CT molecular complexity index is 3240. The molecule has 0 unspecified atom stereocenters. The minimum Gasteiger partial charge on any atom is -0.464 e. The van der Waals surface area contributed by atoms with Crippen LogP contribution >= 0.6 is 0 Å². The van der Waals surface area contributed by atoms with Crippen molar-refractivity contribution in [1.82, 2.24) is 0 Å². The number of hydrogen-bond donors (Lipinski definition) is 0. The number of rotatable bonds is 3. The second-order valence-corrected chi connectivity index (χ2v) is 12.8. The van der Waals surface area contributed by atoms with Crippen LogP contribution in [0.15, 0.2) is 156 Å². The summed E-state index contributed by atoms with van der Waals surface area (Å²) in [4.78, 5) is 0. The molecule has 0 spiro atoms. The predicted octanol–water partition coefficient (Wildman–Crippen LogP) is 13.3. The zero-order chi connectivity index (χ0) is 42.1. The molecule has 1 heterocycles. The third-order valence-electron chi connectivity index (χ3n) is 8.98. The third kappa shape index (κ3) is 4.46. The van der Waals surface area contributed by atoms with Crippen LogP contribution in [-0.4, -0.2) is 0 Å². The van der Waals surface area contributed by atoms with Gasteiger partial charge in [0.2, 0.25) is 0 Å². The van der Waals surface area contributed by atoms with Crippen molar-refractivity contribution in [3.63, 3.8) is 0 Å². The van der Waals surface area contributed by atoms with E-state index in [4.69, 9.17) is 12.6 Å². The van der Waals surface area contributed by atoms with Gasteiger partial charge in [-0.25, -0.2) is 0 Å². The molecule has 224 valence electrons. The summed E-state index contributed by atoms with van der Waals surface area (Å²) in [6.07, 6.45) is -0.602. The maximum absolute atomic E-state index is 9.62.